The molecule has 1 amide bonds. The summed E-state index contributed by atoms with van der Waals surface area (Å²) in [6.07, 6.45) is 3.25. The standard InChI is InChI=1S/C24H26N4O5/c1-32-20-12-17-19(13-21(20)33-2)27-24(31)28(23(17)30)11-5-8-22(29)25-10-9-15-14-26-18-7-4-3-6-16(15)18/h3-4,6-7,12-14,26H,5,8-11H2,1-2H3,(H,25,29)(H,27,31). The lowest BCUT2D eigenvalue weighted by atomic mass is 10.1. The van der Waals surface area contributed by atoms with Gasteiger partial charge in [-0.15, -0.1) is 0 Å². The van der Waals surface area contributed by atoms with Gasteiger partial charge in [0, 0.05) is 42.7 Å². The van der Waals surface area contributed by atoms with Crippen molar-refractivity contribution in [3.63, 3.8) is 0 Å². The molecule has 172 valence electrons. The highest BCUT2D eigenvalue weighted by molar-refractivity contribution is 5.83. The molecule has 0 aliphatic heterocycles. The smallest absolute Gasteiger partial charge is 0.328 e. The van der Waals surface area contributed by atoms with Crippen LogP contribution in [0.25, 0.3) is 21.8 Å². The van der Waals surface area contributed by atoms with Gasteiger partial charge in [-0.05, 0) is 30.5 Å². The van der Waals surface area contributed by atoms with Crippen LogP contribution >= 0.6 is 0 Å². The number of amides is 1. The molecule has 0 saturated carbocycles. The summed E-state index contributed by atoms with van der Waals surface area (Å²) in [7, 11) is 2.96. The third-order valence-electron chi connectivity index (χ3n) is 5.66. The van der Waals surface area contributed by atoms with Crippen molar-refractivity contribution in [2.75, 3.05) is 20.8 Å². The molecule has 3 N–H and O–H groups in total. The maximum atomic E-state index is 12.8. The first-order valence-electron chi connectivity index (χ1n) is 10.7. The quantitative estimate of drug-likeness (QED) is 0.362. The van der Waals surface area contributed by atoms with Crippen LogP contribution in [0.5, 0.6) is 11.5 Å². The summed E-state index contributed by atoms with van der Waals surface area (Å²) in [6, 6.07) is 11.1. The number of fused-ring (bicyclic) bond motifs is 2. The first kappa shape index (κ1) is 22.2. The number of benzene rings is 2. The van der Waals surface area contributed by atoms with Crippen molar-refractivity contribution < 1.29 is 14.3 Å². The Balaban J connectivity index is 1.35. The molecule has 0 atom stereocenters. The van der Waals surface area contributed by atoms with Crippen molar-refractivity contribution in [2.45, 2.75) is 25.8 Å². The third-order valence-corrected chi connectivity index (χ3v) is 5.66. The monoisotopic (exact) mass is 450 g/mol. The first-order valence-corrected chi connectivity index (χ1v) is 10.7. The number of rotatable bonds is 9. The number of aromatic amines is 2. The summed E-state index contributed by atoms with van der Waals surface area (Å²) in [5, 5.41) is 4.37. The van der Waals surface area contributed by atoms with E-state index in [1.54, 1.807) is 12.1 Å². The van der Waals surface area contributed by atoms with Gasteiger partial charge in [-0.25, -0.2) is 4.79 Å². The summed E-state index contributed by atoms with van der Waals surface area (Å²) >= 11 is 0. The van der Waals surface area contributed by atoms with Crippen LogP contribution in [0.2, 0.25) is 0 Å². The Hall–Kier alpha value is -4.01. The number of aromatic nitrogens is 3. The van der Waals surface area contributed by atoms with Crippen molar-refractivity contribution in [1.82, 2.24) is 19.9 Å². The van der Waals surface area contributed by atoms with Gasteiger partial charge in [-0.2, -0.15) is 0 Å². The number of hydrogen-bond acceptors (Lipinski definition) is 5. The maximum absolute atomic E-state index is 12.8. The van der Waals surface area contributed by atoms with E-state index in [0.29, 0.717) is 41.8 Å². The molecule has 2 aromatic heterocycles. The predicted molar refractivity (Wildman–Crippen MR) is 126 cm³/mol. The number of nitrogens with zero attached hydrogens (tertiary/aromatic N) is 1. The second kappa shape index (κ2) is 9.64. The van der Waals surface area contributed by atoms with Crippen LogP contribution in [-0.4, -0.2) is 41.2 Å². The second-order valence-corrected chi connectivity index (χ2v) is 7.70. The highest BCUT2D eigenvalue weighted by atomic mass is 16.5. The zero-order chi connectivity index (χ0) is 23.4. The molecule has 0 saturated heterocycles. The van der Waals surface area contributed by atoms with E-state index in [-0.39, 0.29) is 18.9 Å². The molecule has 4 aromatic rings. The Bertz CT molecular complexity index is 1420. The minimum absolute atomic E-state index is 0.119. The fourth-order valence-corrected chi connectivity index (χ4v) is 3.94. The van der Waals surface area contributed by atoms with Crippen LogP contribution in [0, 0.1) is 0 Å². The Morgan fingerprint density at radius 2 is 1.79 bits per heavy atom. The third kappa shape index (κ3) is 4.62. The van der Waals surface area contributed by atoms with Crippen LogP contribution in [-0.2, 0) is 17.8 Å². The van der Waals surface area contributed by atoms with Crippen LogP contribution in [0.4, 0.5) is 0 Å². The van der Waals surface area contributed by atoms with Gasteiger partial charge in [-0.1, -0.05) is 18.2 Å². The van der Waals surface area contributed by atoms with Crippen molar-refractivity contribution in [3.8, 4) is 11.5 Å². The first-order chi connectivity index (χ1) is 16.0. The van der Waals surface area contributed by atoms with Gasteiger partial charge in [0.1, 0.15) is 0 Å². The number of nitrogens with one attached hydrogen (secondary N) is 3. The zero-order valence-corrected chi connectivity index (χ0v) is 18.6. The Labute approximate surface area is 189 Å². The zero-order valence-electron chi connectivity index (χ0n) is 18.6. The molecule has 0 unspecified atom stereocenters. The number of hydrogen-bond donors (Lipinski definition) is 3. The molecule has 0 fully saturated rings. The lowest BCUT2D eigenvalue weighted by molar-refractivity contribution is -0.121. The Kier molecular flexibility index (Phi) is 6.48. The van der Waals surface area contributed by atoms with Crippen LogP contribution in [0.15, 0.2) is 52.2 Å². The summed E-state index contributed by atoms with van der Waals surface area (Å²) in [5.41, 5.74) is 1.62. The molecule has 9 heteroatoms. The largest absolute Gasteiger partial charge is 0.493 e. The van der Waals surface area contributed by atoms with Crippen LogP contribution < -0.4 is 26.0 Å². The lowest BCUT2D eigenvalue weighted by Crippen LogP contribution is -2.35. The van der Waals surface area contributed by atoms with E-state index in [2.05, 4.69) is 15.3 Å². The SMILES string of the molecule is COc1cc2[nH]c(=O)n(CCCC(=O)NCCc3c[nH]c4ccccc34)c(=O)c2cc1OC. The summed E-state index contributed by atoms with van der Waals surface area (Å²) in [5.74, 6) is 0.698. The van der Waals surface area contributed by atoms with E-state index in [9.17, 15) is 14.4 Å². The lowest BCUT2D eigenvalue weighted by Gasteiger charge is -2.11. The van der Waals surface area contributed by atoms with Gasteiger partial charge in [0.15, 0.2) is 11.5 Å². The van der Waals surface area contributed by atoms with Gasteiger partial charge in [0.2, 0.25) is 5.91 Å². The summed E-state index contributed by atoms with van der Waals surface area (Å²) in [4.78, 5) is 43.4. The van der Waals surface area contributed by atoms with Gasteiger partial charge in [0.05, 0.1) is 25.1 Å². The molecule has 0 spiro atoms. The van der Waals surface area contributed by atoms with Crippen LogP contribution in [0.3, 0.4) is 0 Å². The van der Waals surface area contributed by atoms with E-state index in [0.717, 1.165) is 21.0 Å². The molecule has 9 nitrogen and oxygen atoms in total. The fraction of sp³-hybridized carbons (Fsp3) is 0.292. The van der Waals surface area contributed by atoms with Crippen molar-refractivity contribution in [3.05, 3.63) is 69.0 Å². The van der Waals surface area contributed by atoms with Gasteiger partial charge in [-0.3, -0.25) is 14.2 Å². The van der Waals surface area contributed by atoms with Crippen molar-refractivity contribution in [2.24, 2.45) is 0 Å². The van der Waals surface area contributed by atoms with E-state index < -0.39 is 11.2 Å². The van der Waals surface area contributed by atoms with E-state index >= 15 is 0 Å². The number of H-pyrrole nitrogens is 2. The molecule has 0 aliphatic rings. The van der Waals surface area contributed by atoms with E-state index in [1.807, 2.05) is 30.5 Å². The highest BCUT2D eigenvalue weighted by Gasteiger charge is 2.13. The second-order valence-electron chi connectivity index (χ2n) is 7.70. The van der Waals surface area contributed by atoms with Crippen molar-refractivity contribution >= 4 is 27.7 Å². The molecule has 4 rings (SSSR count). The summed E-state index contributed by atoms with van der Waals surface area (Å²) < 4.78 is 11.6. The molecule has 2 aromatic carbocycles. The normalized spacial score (nSPS) is 11.1. The minimum atomic E-state index is -0.528. The molecule has 0 bridgehead atoms. The van der Waals surface area contributed by atoms with Crippen LogP contribution in [0.1, 0.15) is 18.4 Å². The number of ether oxygens (including phenoxy) is 2. The number of para-hydroxylation sites is 1. The molecule has 0 aliphatic carbocycles. The average molecular weight is 450 g/mol. The molecule has 0 radical (unpaired) electrons. The number of carbonyl (C=O) groups is 1. The number of methoxy groups -OCH3 is 2. The van der Waals surface area contributed by atoms with Gasteiger partial charge in [0.25, 0.3) is 5.56 Å². The molecular formula is C24H26N4O5. The fourth-order valence-electron chi connectivity index (χ4n) is 3.94. The highest BCUT2D eigenvalue weighted by Crippen LogP contribution is 2.29. The van der Waals surface area contributed by atoms with E-state index in [4.69, 9.17) is 9.47 Å². The molecular weight excluding hydrogens is 424 g/mol. The summed E-state index contributed by atoms with van der Waals surface area (Å²) in [6.45, 7) is 0.646. The topological polar surface area (TPSA) is 118 Å². The maximum Gasteiger partial charge on any atom is 0.328 e. The molecule has 33 heavy (non-hydrogen) atoms. The number of carbonyl (C=O) groups excluding carboxylic acids is 1. The van der Waals surface area contributed by atoms with Gasteiger partial charge < -0.3 is 24.8 Å². The minimum Gasteiger partial charge on any atom is -0.493 e. The van der Waals surface area contributed by atoms with Gasteiger partial charge >= 0.3 is 5.69 Å². The average Bonchev–Trinajstić information content (AvgIpc) is 3.23. The van der Waals surface area contributed by atoms with E-state index in [1.165, 1.54) is 14.2 Å². The molecule has 2 heterocycles. The Morgan fingerprint density at radius 1 is 1.03 bits per heavy atom. The predicted octanol–water partition coefficient (Wildman–Crippen LogP) is 2.33. The van der Waals surface area contributed by atoms with Crippen molar-refractivity contribution in [1.29, 1.82) is 0 Å². The Morgan fingerprint density at radius 3 is 2.58 bits per heavy atom.